The number of anilines is 1. The van der Waals surface area contributed by atoms with Gasteiger partial charge in [-0.15, -0.1) is 0 Å². The average Bonchev–Trinajstić information content (AvgIpc) is 2.17. The van der Waals surface area contributed by atoms with Crippen molar-refractivity contribution in [1.29, 1.82) is 0 Å². The minimum Gasteiger partial charge on any atom is -0.465 e. The summed E-state index contributed by atoms with van der Waals surface area (Å²) in [5.74, 6) is 4.58. The average molecular weight is 202 g/mol. The maximum absolute atomic E-state index is 11.1. The third kappa shape index (κ3) is 2.07. The van der Waals surface area contributed by atoms with Crippen molar-refractivity contribution in [2.45, 2.75) is 0 Å². The fourth-order valence-corrected chi connectivity index (χ4v) is 0.961. The van der Waals surface area contributed by atoms with Crippen molar-refractivity contribution in [3.8, 4) is 0 Å². The zero-order valence-corrected chi connectivity index (χ0v) is 7.63. The number of hydrazine groups is 1. The van der Waals surface area contributed by atoms with Crippen LogP contribution >= 0.6 is 11.6 Å². The summed E-state index contributed by atoms with van der Waals surface area (Å²) in [4.78, 5) is 14.8. The van der Waals surface area contributed by atoms with E-state index < -0.39 is 5.97 Å². The van der Waals surface area contributed by atoms with E-state index in [2.05, 4.69) is 15.1 Å². The Morgan fingerprint density at radius 3 is 3.00 bits per heavy atom. The lowest BCUT2D eigenvalue weighted by Gasteiger charge is -2.03. The molecule has 0 bridgehead atoms. The molecule has 0 amide bonds. The van der Waals surface area contributed by atoms with Gasteiger partial charge in [-0.05, 0) is 6.07 Å². The van der Waals surface area contributed by atoms with Gasteiger partial charge >= 0.3 is 5.97 Å². The number of hydrogen-bond acceptors (Lipinski definition) is 5. The number of nitrogen functional groups attached to an aromatic ring is 1. The summed E-state index contributed by atoms with van der Waals surface area (Å²) >= 11 is 5.65. The van der Waals surface area contributed by atoms with Crippen molar-refractivity contribution >= 4 is 23.3 Å². The molecule has 0 aliphatic heterocycles. The van der Waals surface area contributed by atoms with E-state index in [-0.39, 0.29) is 10.7 Å². The van der Waals surface area contributed by atoms with E-state index >= 15 is 0 Å². The minimum absolute atomic E-state index is 0.0888. The van der Waals surface area contributed by atoms with Crippen LogP contribution in [0, 0.1) is 0 Å². The van der Waals surface area contributed by atoms with Gasteiger partial charge in [-0.25, -0.2) is 9.78 Å². The standard InChI is InChI=1S/C7H8ClN3O2/c1-13-7(12)5-2-4(11-9)3-10-6(5)8/h2-3,11H,9H2,1H3. The first-order valence-electron chi connectivity index (χ1n) is 3.39. The van der Waals surface area contributed by atoms with Crippen molar-refractivity contribution in [3.05, 3.63) is 23.0 Å². The first kappa shape index (κ1) is 9.76. The van der Waals surface area contributed by atoms with Gasteiger partial charge in [0.05, 0.1) is 24.6 Å². The number of methoxy groups -OCH3 is 1. The Bertz CT molecular complexity index is 330. The molecule has 1 aromatic heterocycles. The summed E-state index contributed by atoms with van der Waals surface area (Å²) in [6.45, 7) is 0. The molecule has 70 valence electrons. The smallest absolute Gasteiger partial charge is 0.341 e. The fourth-order valence-electron chi connectivity index (χ4n) is 0.780. The van der Waals surface area contributed by atoms with Gasteiger partial charge in [0.15, 0.2) is 0 Å². The minimum atomic E-state index is -0.547. The number of nitrogens with one attached hydrogen (secondary N) is 1. The molecule has 5 nitrogen and oxygen atoms in total. The molecule has 13 heavy (non-hydrogen) atoms. The Morgan fingerprint density at radius 1 is 1.77 bits per heavy atom. The molecule has 0 aliphatic rings. The van der Waals surface area contributed by atoms with Crippen molar-refractivity contribution in [1.82, 2.24) is 4.98 Å². The highest BCUT2D eigenvalue weighted by Crippen LogP contribution is 2.17. The zero-order valence-electron chi connectivity index (χ0n) is 6.87. The lowest BCUT2D eigenvalue weighted by Crippen LogP contribution is -2.10. The molecule has 0 atom stereocenters. The Hall–Kier alpha value is -1.33. The van der Waals surface area contributed by atoms with Gasteiger partial charge in [-0.1, -0.05) is 11.6 Å². The third-order valence-corrected chi connectivity index (χ3v) is 1.71. The molecule has 1 aromatic rings. The normalized spacial score (nSPS) is 9.46. The first-order chi connectivity index (χ1) is 6.19. The van der Waals surface area contributed by atoms with Crippen LogP contribution in [0.1, 0.15) is 10.4 Å². The van der Waals surface area contributed by atoms with Crippen LogP contribution in [-0.4, -0.2) is 18.1 Å². The molecule has 6 heteroatoms. The van der Waals surface area contributed by atoms with Gasteiger partial charge in [0, 0.05) is 0 Å². The number of nitrogens with two attached hydrogens (primary N) is 1. The lowest BCUT2D eigenvalue weighted by atomic mass is 10.3. The van der Waals surface area contributed by atoms with Gasteiger partial charge in [0.2, 0.25) is 0 Å². The molecule has 0 fully saturated rings. The monoisotopic (exact) mass is 201 g/mol. The van der Waals surface area contributed by atoms with E-state index in [1.54, 1.807) is 0 Å². The highest BCUT2D eigenvalue weighted by Gasteiger charge is 2.11. The van der Waals surface area contributed by atoms with Crippen LogP contribution < -0.4 is 11.3 Å². The molecule has 0 saturated heterocycles. The number of carbonyl (C=O) groups is 1. The van der Waals surface area contributed by atoms with Gasteiger partial charge in [0.25, 0.3) is 0 Å². The molecule has 1 rings (SSSR count). The highest BCUT2D eigenvalue weighted by atomic mass is 35.5. The number of ether oxygens (including phenoxy) is 1. The molecule has 0 radical (unpaired) electrons. The van der Waals surface area contributed by atoms with E-state index in [1.165, 1.54) is 19.4 Å². The zero-order chi connectivity index (χ0) is 9.84. The molecule has 0 aromatic carbocycles. The Balaban J connectivity index is 3.11. The van der Waals surface area contributed by atoms with Crippen molar-refractivity contribution in [2.24, 2.45) is 5.84 Å². The molecular weight excluding hydrogens is 194 g/mol. The maximum Gasteiger partial charge on any atom is 0.341 e. The van der Waals surface area contributed by atoms with Crippen molar-refractivity contribution in [2.75, 3.05) is 12.5 Å². The Labute approximate surface area is 79.8 Å². The van der Waals surface area contributed by atoms with Crippen molar-refractivity contribution < 1.29 is 9.53 Å². The summed E-state index contributed by atoms with van der Waals surface area (Å²) in [7, 11) is 1.27. The molecule has 0 saturated carbocycles. The third-order valence-electron chi connectivity index (χ3n) is 1.41. The number of carbonyl (C=O) groups excluding carboxylic acids is 1. The number of esters is 1. The van der Waals surface area contributed by atoms with E-state index in [9.17, 15) is 4.79 Å². The number of halogens is 1. The quantitative estimate of drug-likeness (QED) is 0.320. The molecular formula is C7H8ClN3O2. The molecule has 3 N–H and O–H groups in total. The first-order valence-corrected chi connectivity index (χ1v) is 3.77. The van der Waals surface area contributed by atoms with Crippen LogP contribution in [0.2, 0.25) is 5.15 Å². The summed E-state index contributed by atoms with van der Waals surface area (Å²) in [6, 6.07) is 1.46. The van der Waals surface area contributed by atoms with Crippen LogP contribution in [0.15, 0.2) is 12.3 Å². The van der Waals surface area contributed by atoms with E-state index in [1.807, 2.05) is 0 Å². The second-order valence-electron chi connectivity index (χ2n) is 2.20. The number of hydrogen-bond donors (Lipinski definition) is 2. The summed E-state index contributed by atoms with van der Waals surface area (Å²) in [5.41, 5.74) is 3.02. The summed E-state index contributed by atoms with van der Waals surface area (Å²) in [6.07, 6.45) is 1.41. The number of rotatable bonds is 2. The topological polar surface area (TPSA) is 77.2 Å². The lowest BCUT2D eigenvalue weighted by molar-refractivity contribution is 0.0600. The van der Waals surface area contributed by atoms with E-state index in [4.69, 9.17) is 17.4 Å². The maximum atomic E-state index is 11.1. The highest BCUT2D eigenvalue weighted by molar-refractivity contribution is 6.32. The SMILES string of the molecule is COC(=O)c1cc(NN)cnc1Cl. The number of aromatic nitrogens is 1. The Morgan fingerprint density at radius 2 is 2.46 bits per heavy atom. The second kappa shape index (κ2) is 4.06. The second-order valence-corrected chi connectivity index (χ2v) is 2.56. The summed E-state index contributed by atoms with van der Waals surface area (Å²) < 4.78 is 4.48. The largest absolute Gasteiger partial charge is 0.465 e. The van der Waals surface area contributed by atoms with Crippen LogP contribution in [0.5, 0.6) is 0 Å². The molecule has 0 aliphatic carbocycles. The van der Waals surface area contributed by atoms with E-state index in [0.717, 1.165) is 0 Å². The predicted molar refractivity (Wildman–Crippen MR) is 48.4 cm³/mol. The number of pyridine rings is 1. The fraction of sp³-hybridized carbons (Fsp3) is 0.143. The summed E-state index contributed by atoms with van der Waals surface area (Å²) in [5, 5.41) is 0.0888. The van der Waals surface area contributed by atoms with Crippen LogP contribution in [0.25, 0.3) is 0 Å². The molecule has 1 heterocycles. The molecule has 0 unspecified atom stereocenters. The van der Waals surface area contributed by atoms with E-state index in [0.29, 0.717) is 5.69 Å². The van der Waals surface area contributed by atoms with Gasteiger partial charge in [-0.2, -0.15) is 0 Å². The van der Waals surface area contributed by atoms with Gasteiger partial charge in [-0.3, -0.25) is 5.84 Å². The predicted octanol–water partition coefficient (Wildman–Crippen LogP) is 0.807. The number of nitrogens with zero attached hydrogens (tertiary/aromatic N) is 1. The van der Waals surface area contributed by atoms with Gasteiger partial charge < -0.3 is 10.2 Å². The van der Waals surface area contributed by atoms with Crippen LogP contribution in [0.4, 0.5) is 5.69 Å². The van der Waals surface area contributed by atoms with Crippen LogP contribution in [0.3, 0.4) is 0 Å². The van der Waals surface area contributed by atoms with Gasteiger partial charge in [0.1, 0.15) is 5.15 Å². The van der Waals surface area contributed by atoms with Crippen molar-refractivity contribution in [3.63, 3.8) is 0 Å². The Kier molecular flexibility index (Phi) is 3.05. The molecule has 0 spiro atoms. The van der Waals surface area contributed by atoms with Crippen LogP contribution in [-0.2, 0) is 4.74 Å².